The third kappa shape index (κ3) is 7.07. The molecule has 0 bridgehead atoms. The molecule has 0 saturated carbocycles. The van der Waals surface area contributed by atoms with Crippen LogP contribution in [0.5, 0.6) is 5.75 Å². The van der Waals surface area contributed by atoms with Crippen LogP contribution in [0.25, 0.3) is 0 Å². The standard InChI is InChI=1S/C18H24O4/c1-4-15-9-5-6-10-16(15)22-18(20)12-11-17(19)21-13-7-8-14(2)3/h5-6,9-12,14H,4,7-8,13H2,1-3H3/b12-11+. The minimum absolute atomic E-state index is 0.370. The van der Waals surface area contributed by atoms with Gasteiger partial charge in [0.1, 0.15) is 5.75 Å². The monoisotopic (exact) mass is 304 g/mol. The van der Waals surface area contributed by atoms with Crippen molar-refractivity contribution in [1.82, 2.24) is 0 Å². The predicted octanol–water partition coefficient (Wildman–Crippen LogP) is 3.69. The van der Waals surface area contributed by atoms with Crippen LogP contribution in [0.2, 0.25) is 0 Å². The van der Waals surface area contributed by atoms with Crippen molar-refractivity contribution in [2.75, 3.05) is 6.61 Å². The van der Waals surface area contributed by atoms with Gasteiger partial charge < -0.3 is 9.47 Å². The number of aryl methyl sites for hydroxylation is 1. The molecule has 0 N–H and O–H groups in total. The van der Waals surface area contributed by atoms with Gasteiger partial charge in [-0.05, 0) is 36.8 Å². The molecule has 22 heavy (non-hydrogen) atoms. The molecular weight excluding hydrogens is 280 g/mol. The molecule has 1 rings (SSSR count). The van der Waals surface area contributed by atoms with Crippen molar-refractivity contribution in [1.29, 1.82) is 0 Å². The summed E-state index contributed by atoms with van der Waals surface area (Å²) < 4.78 is 10.2. The van der Waals surface area contributed by atoms with Gasteiger partial charge in [-0.15, -0.1) is 0 Å². The van der Waals surface area contributed by atoms with E-state index in [1.807, 2.05) is 19.1 Å². The lowest BCUT2D eigenvalue weighted by atomic mass is 10.1. The Hall–Kier alpha value is -2.10. The second kappa shape index (κ2) is 9.77. The Morgan fingerprint density at radius 3 is 2.50 bits per heavy atom. The molecule has 4 nitrogen and oxygen atoms in total. The van der Waals surface area contributed by atoms with Crippen molar-refractivity contribution in [2.24, 2.45) is 5.92 Å². The van der Waals surface area contributed by atoms with E-state index in [1.54, 1.807) is 12.1 Å². The fourth-order valence-corrected chi connectivity index (χ4v) is 1.89. The fourth-order valence-electron chi connectivity index (χ4n) is 1.89. The van der Waals surface area contributed by atoms with Crippen LogP contribution in [0.4, 0.5) is 0 Å². The summed E-state index contributed by atoms with van der Waals surface area (Å²) >= 11 is 0. The van der Waals surface area contributed by atoms with E-state index in [0.717, 1.165) is 37.0 Å². The number of hydrogen-bond donors (Lipinski definition) is 0. The number of esters is 2. The van der Waals surface area contributed by atoms with Crippen LogP contribution in [0.3, 0.4) is 0 Å². The van der Waals surface area contributed by atoms with Crippen LogP contribution < -0.4 is 4.74 Å². The van der Waals surface area contributed by atoms with Crippen molar-refractivity contribution >= 4 is 11.9 Å². The van der Waals surface area contributed by atoms with Gasteiger partial charge in [-0.25, -0.2) is 9.59 Å². The number of hydrogen-bond acceptors (Lipinski definition) is 4. The van der Waals surface area contributed by atoms with E-state index in [-0.39, 0.29) is 0 Å². The van der Waals surface area contributed by atoms with Crippen molar-refractivity contribution in [3.05, 3.63) is 42.0 Å². The summed E-state index contributed by atoms with van der Waals surface area (Å²) in [5.74, 6) is -0.00248. The number of carbonyl (C=O) groups excluding carboxylic acids is 2. The first kappa shape index (κ1) is 18.0. The maximum Gasteiger partial charge on any atom is 0.336 e. The summed E-state index contributed by atoms with van der Waals surface area (Å²) in [4.78, 5) is 23.1. The maximum atomic E-state index is 11.7. The van der Waals surface area contributed by atoms with Crippen molar-refractivity contribution in [3.8, 4) is 5.75 Å². The lowest BCUT2D eigenvalue weighted by Gasteiger charge is -2.06. The zero-order chi connectivity index (χ0) is 16.4. The van der Waals surface area contributed by atoms with Gasteiger partial charge in [0.05, 0.1) is 6.61 Å². The number of benzene rings is 1. The molecule has 1 aromatic rings. The normalized spacial score (nSPS) is 10.9. The highest BCUT2D eigenvalue weighted by atomic mass is 16.5. The van der Waals surface area contributed by atoms with E-state index >= 15 is 0 Å². The van der Waals surface area contributed by atoms with Gasteiger partial charge in [0.25, 0.3) is 0 Å². The smallest absolute Gasteiger partial charge is 0.336 e. The maximum absolute atomic E-state index is 11.7. The van der Waals surface area contributed by atoms with E-state index in [1.165, 1.54) is 0 Å². The Morgan fingerprint density at radius 1 is 1.14 bits per heavy atom. The molecule has 0 radical (unpaired) electrons. The van der Waals surface area contributed by atoms with Crippen LogP contribution in [0.15, 0.2) is 36.4 Å². The minimum Gasteiger partial charge on any atom is -0.463 e. The molecular formula is C18H24O4. The third-order valence-electron chi connectivity index (χ3n) is 3.09. The van der Waals surface area contributed by atoms with E-state index in [4.69, 9.17) is 9.47 Å². The molecule has 0 aromatic heterocycles. The zero-order valence-corrected chi connectivity index (χ0v) is 13.5. The van der Waals surface area contributed by atoms with Gasteiger partial charge in [-0.2, -0.15) is 0 Å². The minimum atomic E-state index is -0.583. The van der Waals surface area contributed by atoms with E-state index in [0.29, 0.717) is 18.3 Å². The highest BCUT2D eigenvalue weighted by Crippen LogP contribution is 2.18. The van der Waals surface area contributed by atoms with Crippen LogP contribution in [-0.2, 0) is 20.7 Å². The summed E-state index contributed by atoms with van der Waals surface area (Å²) in [5, 5.41) is 0. The van der Waals surface area contributed by atoms with Gasteiger partial charge >= 0.3 is 11.9 Å². The lowest BCUT2D eigenvalue weighted by molar-refractivity contribution is -0.138. The summed E-state index contributed by atoms with van der Waals surface area (Å²) in [6.07, 6.45) is 4.80. The van der Waals surface area contributed by atoms with E-state index in [9.17, 15) is 9.59 Å². The highest BCUT2D eigenvalue weighted by Gasteiger charge is 2.06. The van der Waals surface area contributed by atoms with Crippen molar-refractivity contribution in [2.45, 2.75) is 40.0 Å². The Kier molecular flexibility index (Phi) is 7.97. The second-order valence-corrected chi connectivity index (χ2v) is 5.42. The third-order valence-corrected chi connectivity index (χ3v) is 3.09. The first-order chi connectivity index (χ1) is 10.5. The molecule has 0 unspecified atom stereocenters. The Bertz CT molecular complexity index is 518. The summed E-state index contributed by atoms with van der Waals surface area (Å²) in [7, 11) is 0. The summed E-state index contributed by atoms with van der Waals surface area (Å²) in [6.45, 7) is 6.59. The lowest BCUT2D eigenvalue weighted by Crippen LogP contribution is -2.08. The number of ether oxygens (including phenoxy) is 2. The zero-order valence-electron chi connectivity index (χ0n) is 13.5. The fraction of sp³-hybridized carbons (Fsp3) is 0.444. The molecule has 4 heteroatoms. The second-order valence-electron chi connectivity index (χ2n) is 5.42. The van der Waals surface area contributed by atoms with E-state index in [2.05, 4.69) is 13.8 Å². The van der Waals surface area contributed by atoms with Gasteiger partial charge in [0, 0.05) is 12.2 Å². The van der Waals surface area contributed by atoms with Crippen LogP contribution in [0.1, 0.15) is 39.2 Å². The molecule has 1 aromatic carbocycles. The number of para-hydroxylation sites is 1. The Labute approximate surface area is 132 Å². The Balaban J connectivity index is 2.39. The molecule has 0 atom stereocenters. The average molecular weight is 304 g/mol. The first-order valence-corrected chi connectivity index (χ1v) is 7.67. The molecule has 0 spiro atoms. The molecule has 0 saturated heterocycles. The summed E-state index contributed by atoms with van der Waals surface area (Å²) in [5.41, 5.74) is 0.945. The van der Waals surface area contributed by atoms with Crippen molar-refractivity contribution < 1.29 is 19.1 Å². The van der Waals surface area contributed by atoms with Crippen LogP contribution >= 0.6 is 0 Å². The molecule has 0 heterocycles. The van der Waals surface area contributed by atoms with Crippen LogP contribution in [-0.4, -0.2) is 18.5 Å². The van der Waals surface area contributed by atoms with Crippen molar-refractivity contribution in [3.63, 3.8) is 0 Å². The summed E-state index contributed by atoms with van der Waals surface area (Å²) in [6, 6.07) is 7.32. The Morgan fingerprint density at radius 2 is 1.82 bits per heavy atom. The molecule has 0 fully saturated rings. The predicted molar refractivity (Wildman–Crippen MR) is 85.6 cm³/mol. The molecule has 0 aliphatic heterocycles. The molecule has 0 aliphatic rings. The SMILES string of the molecule is CCc1ccccc1OC(=O)/C=C/C(=O)OCCCC(C)C. The van der Waals surface area contributed by atoms with Crippen LogP contribution in [0, 0.1) is 5.92 Å². The largest absolute Gasteiger partial charge is 0.463 e. The molecule has 0 aliphatic carbocycles. The van der Waals surface area contributed by atoms with Gasteiger partial charge in [-0.3, -0.25) is 0 Å². The van der Waals surface area contributed by atoms with E-state index < -0.39 is 11.9 Å². The first-order valence-electron chi connectivity index (χ1n) is 7.67. The van der Waals surface area contributed by atoms with Gasteiger partial charge in [-0.1, -0.05) is 39.0 Å². The number of carbonyl (C=O) groups is 2. The number of rotatable bonds is 8. The average Bonchev–Trinajstić information content (AvgIpc) is 2.50. The topological polar surface area (TPSA) is 52.6 Å². The molecule has 0 amide bonds. The highest BCUT2D eigenvalue weighted by molar-refractivity contribution is 5.92. The quantitative estimate of drug-likeness (QED) is 0.318. The van der Waals surface area contributed by atoms with Gasteiger partial charge in [0.2, 0.25) is 0 Å². The van der Waals surface area contributed by atoms with Gasteiger partial charge in [0.15, 0.2) is 0 Å². The molecule has 120 valence electrons.